The molecule has 0 aliphatic rings. The molecule has 0 aliphatic heterocycles. The number of ether oxygens (including phenoxy) is 2. The Morgan fingerprint density at radius 1 is 1.13 bits per heavy atom. The maximum Gasteiger partial charge on any atom is 0.0700 e. The first-order chi connectivity index (χ1) is 7.24. The third-order valence-corrected chi connectivity index (χ3v) is 3.39. The molecule has 0 radical (unpaired) electrons. The predicted molar refractivity (Wildman–Crippen MR) is 65.2 cm³/mol. The van der Waals surface area contributed by atoms with Crippen LogP contribution in [0.1, 0.15) is 13.3 Å². The predicted octanol–water partition coefficient (Wildman–Crippen LogP) is 1.87. The Kier molecular flexibility index (Phi) is 9.97. The highest BCUT2D eigenvalue weighted by Gasteiger charge is 2.24. The van der Waals surface area contributed by atoms with Crippen molar-refractivity contribution in [3.8, 4) is 0 Å². The average molecular weight is 258 g/mol. The van der Waals surface area contributed by atoms with E-state index in [2.05, 4.69) is 12.2 Å². The molecule has 0 amide bonds. The molecule has 0 rings (SSSR count). The minimum atomic E-state index is -0.159. The number of alkyl halides is 2. The fourth-order valence-corrected chi connectivity index (χ4v) is 1.93. The standard InChI is InChI=1S/C10H21Cl2NO2/c1-3-10(8-11,9-12)13-4-5-15-7-6-14-2/h13H,3-9H2,1-2H3. The summed E-state index contributed by atoms with van der Waals surface area (Å²) in [6, 6.07) is 0. The molecule has 0 aromatic carbocycles. The summed E-state index contributed by atoms with van der Waals surface area (Å²) in [6.45, 7) is 4.74. The summed E-state index contributed by atoms with van der Waals surface area (Å²) in [6.07, 6.45) is 0.915. The van der Waals surface area contributed by atoms with Crippen LogP contribution >= 0.6 is 23.2 Å². The molecule has 0 bridgehead atoms. The molecule has 0 saturated heterocycles. The lowest BCUT2D eigenvalue weighted by atomic mass is 10.0. The van der Waals surface area contributed by atoms with Crippen molar-refractivity contribution in [3.63, 3.8) is 0 Å². The van der Waals surface area contributed by atoms with Crippen molar-refractivity contribution in [3.05, 3.63) is 0 Å². The van der Waals surface area contributed by atoms with E-state index in [1.54, 1.807) is 7.11 Å². The second-order valence-corrected chi connectivity index (χ2v) is 3.97. The van der Waals surface area contributed by atoms with Crippen LogP contribution in [-0.4, -0.2) is 50.8 Å². The van der Waals surface area contributed by atoms with E-state index in [1.807, 2.05) is 0 Å². The lowest BCUT2D eigenvalue weighted by molar-refractivity contribution is 0.0696. The van der Waals surface area contributed by atoms with Crippen molar-refractivity contribution in [2.75, 3.05) is 45.2 Å². The van der Waals surface area contributed by atoms with Gasteiger partial charge in [-0.15, -0.1) is 23.2 Å². The molecular formula is C10H21Cl2NO2. The van der Waals surface area contributed by atoms with Gasteiger partial charge in [-0.3, -0.25) is 0 Å². The monoisotopic (exact) mass is 257 g/mol. The van der Waals surface area contributed by atoms with E-state index in [-0.39, 0.29) is 5.54 Å². The van der Waals surface area contributed by atoms with Gasteiger partial charge >= 0.3 is 0 Å². The zero-order valence-corrected chi connectivity index (χ0v) is 11.0. The summed E-state index contributed by atoms with van der Waals surface area (Å²) in [5.74, 6) is 1.04. The van der Waals surface area contributed by atoms with Gasteiger partial charge in [0.25, 0.3) is 0 Å². The molecule has 1 N–H and O–H groups in total. The molecule has 92 valence electrons. The van der Waals surface area contributed by atoms with Crippen LogP contribution in [0, 0.1) is 0 Å². The first-order valence-electron chi connectivity index (χ1n) is 5.18. The Labute approximate surface area is 102 Å². The molecule has 0 heterocycles. The highest BCUT2D eigenvalue weighted by molar-refractivity contribution is 6.22. The van der Waals surface area contributed by atoms with Crippen molar-refractivity contribution in [2.24, 2.45) is 0 Å². The lowest BCUT2D eigenvalue weighted by Gasteiger charge is -2.29. The number of halogens is 2. The van der Waals surface area contributed by atoms with E-state index >= 15 is 0 Å². The van der Waals surface area contributed by atoms with Crippen LogP contribution in [0.15, 0.2) is 0 Å². The fraction of sp³-hybridized carbons (Fsp3) is 1.00. The van der Waals surface area contributed by atoms with Crippen LogP contribution in [0.3, 0.4) is 0 Å². The number of methoxy groups -OCH3 is 1. The van der Waals surface area contributed by atoms with Crippen LogP contribution in [0.5, 0.6) is 0 Å². The maximum absolute atomic E-state index is 5.88. The topological polar surface area (TPSA) is 30.5 Å². The van der Waals surface area contributed by atoms with E-state index < -0.39 is 0 Å². The zero-order valence-electron chi connectivity index (χ0n) is 9.52. The van der Waals surface area contributed by atoms with E-state index in [4.69, 9.17) is 32.7 Å². The molecule has 3 nitrogen and oxygen atoms in total. The van der Waals surface area contributed by atoms with Crippen molar-refractivity contribution in [1.82, 2.24) is 5.32 Å². The minimum absolute atomic E-state index is 0.159. The normalized spacial score (nSPS) is 12.0. The van der Waals surface area contributed by atoms with Crippen molar-refractivity contribution in [2.45, 2.75) is 18.9 Å². The second kappa shape index (κ2) is 9.67. The first kappa shape index (κ1) is 15.5. The largest absolute Gasteiger partial charge is 0.382 e. The van der Waals surface area contributed by atoms with Gasteiger partial charge in [-0.1, -0.05) is 6.92 Å². The van der Waals surface area contributed by atoms with Crippen molar-refractivity contribution < 1.29 is 9.47 Å². The first-order valence-corrected chi connectivity index (χ1v) is 6.25. The van der Waals surface area contributed by atoms with Crippen LogP contribution in [0.2, 0.25) is 0 Å². The van der Waals surface area contributed by atoms with Crippen LogP contribution in [0.25, 0.3) is 0 Å². The highest BCUT2D eigenvalue weighted by atomic mass is 35.5. The van der Waals surface area contributed by atoms with Crippen molar-refractivity contribution in [1.29, 1.82) is 0 Å². The smallest absolute Gasteiger partial charge is 0.0700 e. The summed E-state index contributed by atoms with van der Waals surface area (Å²) in [5.41, 5.74) is -0.159. The Morgan fingerprint density at radius 3 is 2.27 bits per heavy atom. The van der Waals surface area contributed by atoms with Crippen LogP contribution in [-0.2, 0) is 9.47 Å². The summed E-state index contributed by atoms with van der Waals surface area (Å²) >= 11 is 11.8. The summed E-state index contributed by atoms with van der Waals surface area (Å²) in [7, 11) is 1.66. The van der Waals surface area contributed by atoms with Gasteiger partial charge in [0.1, 0.15) is 0 Å². The number of hydrogen-bond acceptors (Lipinski definition) is 3. The second-order valence-electron chi connectivity index (χ2n) is 3.43. The molecule has 5 heteroatoms. The van der Waals surface area contributed by atoms with Gasteiger partial charge in [0.15, 0.2) is 0 Å². The summed E-state index contributed by atoms with van der Waals surface area (Å²) < 4.78 is 10.2. The van der Waals surface area contributed by atoms with E-state index in [9.17, 15) is 0 Å². The molecule has 0 spiro atoms. The number of rotatable bonds is 10. The van der Waals surface area contributed by atoms with Gasteiger partial charge in [0.05, 0.1) is 19.8 Å². The maximum atomic E-state index is 5.88. The number of nitrogens with one attached hydrogen (secondary N) is 1. The SMILES string of the molecule is CCC(CCl)(CCl)NCCOCCOC. The van der Waals surface area contributed by atoms with Crippen LogP contribution in [0.4, 0.5) is 0 Å². The molecule has 0 aliphatic carbocycles. The third kappa shape index (κ3) is 6.59. The van der Waals surface area contributed by atoms with Gasteiger partial charge in [-0.25, -0.2) is 0 Å². The van der Waals surface area contributed by atoms with Gasteiger partial charge in [0, 0.05) is 31.0 Å². The Morgan fingerprint density at radius 2 is 1.80 bits per heavy atom. The third-order valence-electron chi connectivity index (χ3n) is 2.37. The van der Waals surface area contributed by atoms with Gasteiger partial charge < -0.3 is 14.8 Å². The van der Waals surface area contributed by atoms with E-state index in [0.717, 1.165) is 13.0 Å². The Hall–Kier alpha value is 0.460. The zero-order chi connectivity index (χ0) is 11.6. The lowest BCUT2D eigenvalue weighted by Crippen LogP contribution is -2.49. The summed E-state index contributed by atoms with van der Waals surface area (Å²) in [4.78, 5) is 0. The van der Waals surface area contributed by atoms with Gasteiger partial charge in [-0.05, 0) is 6.42 Å². The molecule has 0 unspecified atom stereocenters. The number of hydrogen-bond donors (Lipinski definition) is 1. The Balaban J connectivity index is 3.54. The molecule has 0 aromatic rings. The average Bonchev–Trinajstić information content (AvgIpc) is 2.29. The Bertz CT molecular complexity index is 135. The van der Waals surface area contributed by atoms with E-state index in [0.29, 0.717) is 31.6 Å². The molecule has 0 aromatic heterocycles. The van der Waals surface area contributed by atoms with Crippen LogP contribution < -0.4 is 5.32 Å². The quantitative estimate of drug-likeness (QED) is 0.479. The fourth-order valence-electron chi connectivity index (χ4n) is 1.08. The van der Waals surface area contributed by atoms with Crippen molar-refractivity contribution >= 4 is 23.2 Å². The molecule has 0 fully saturated rings. The highest BCUT2D eigenvalue weighted by Crippen LogP contribution is 2.14. The van der Waals surface area contributed by atoms with Gasteiger partial charge in [0.2, 0.25) is 0 Å². The molecule has 0 atom stereocenters. The molecular weight excluding hydrogens is 237 g/mol. The summed E-state index contributed by atoms with van der Waals surface area (Å²) in [5, 5.41) is 3.33. The minimum Gasteiger partial charge on any atom is -0.382 e. The molecule has 15 heavy (non-hydrogen) atoms. The van der Waals surface area contributed by atoms with E-state index in [1.165, 1.54) is 0 Å². The molecule has 0 saturated carbocycles. The van der Waals surface area contributed by atoms with Gasteiger partial charge in [-0.2, -0.15) is 0 Å².